The van der Waals surface area contributed by atoms with Crippen molar-refractivity contribution in [3.63, 3.8) is 0 Å². The molecule has 0 spiro atoms. The van der Waals surface area contributed by atoms with E-state index in [-0.39, 0.29) is 5.54 Å². The smallest absolute Gasteiger partial charge is 0.0348 e. The molecule has 0 saturated heterocycles. The molecule has 3 heteroatoms. The van der Waals surface area contributed by atoms with Crippen LogP contribution >= 0.6 is 0 Å². The molecule has 2 rings (SSSR count). The molecule has 0 saturated carbocycles. The quantitative estimate of drug-likeness (QED) is 0.816. The molecule has 1 atom stereocenters. The van der Waals surface area contributed by atoms with E-state index in [0.29, 0.717) is 0 Å². The molecule has 0 amide bonds. The molecule has 1 aromatic carbocycles. The minimum absolute atomic E-state index is 0.102. The highest BCUT2D eigenvalue weighted by atomic mass is 15.1. The Bertz CT molecular complexity index is 389. The van der Waals surface area contributed by atoms with Gasteiger partial charge in [0.2, 0.25) is 0 Å². The summed E-state index contributed by atoms with van der Waals surface area (Å²) in [5.74, 6) is 0. The molecule has 0 fully saturated rings. The average Bonchev–Trinajstić information content (AvgIpc) is 2.38. The van der Waals surface area contributed by atoms with E-state index in [4.69, 9.17) is 5.73 Å². The molecule has 100 valence electrons. The lowest BCUT2D eigenvalue weighted by atomic mass is 9.78. The third-order valence-electron chi connectivity index (χ3n) is 3.97. The first kappa shape index (κ1) is 13.5. The highest BCUT2D eigenvalue weighted by Crippen LogP contribution is 2.27. The number of hydrogen-bond donors (Lipinski definition) is 2. The number of hydrogen-bond acceptors (Lipinski definition) is 3. The summed E-state index contributed by atoms with van der Waals surface area (Å²) in [6.07, 6.45) is 3.35. The van der Waals surface area contributed by atoms with Crippen molar-refractivity contribution in [3.8, 4) is 0 Å². The molecule has 0 aromatic heterocycles. The number of benzene rings is 1. The first-order chi connectivity index (χ1) is 8.65. The van der Waals surface area contributed by atoms with Crippen LogP contribution in [0.3, 0.4) is 0 Å². The summed E-state index contributed by atoms with van der Waals surface area (Å²) in [5, 5.41) is 3.69. The molecular weight excluding hydrogens is 222 g/mol. The van der Waals surface area contributed by atoms with Crippen LogP contribution < -0.4 is 11.1 Å². The summed E-state index contributed by atoms with van der Waals surface area (Å²) in [5.41, 5.74) is 9.10. The summed E-state index contributed by atoms with van der Waals surface area (Å²) >= 11 is 0. The van der Waals surface area contributed by atoms with Gasteiger partial charge >= 0.3 is 0 Å². The van der Waals surface area contributed by atoms with E-state index in [1.165, 1.54) is 11.1 Å². The Morgan fingerprint density at radius 1 is 1.28 bits per heavy atom. The van der Waals surface area contributed by atoms with Gasteiger partial charge in [0, 0.05) is 25.2 Å². The van der Waals surface area contributed by atoms with Gasteiger partial charge in [0.25, 0.3) is 0 Å². The lowest BCUT2D eigenvalue weighted by molar-refractivity contribution is 0.276. The Kier molecular flexibility index (Phi) is 4.38. The topological polar surface area (TPSA) is 41.3 Å². The molecule has 0 bridgehead atoms. The second kappa shape index (κ2) is 5.83. The molecule has 0 radical (unpaired) electrons. The van der Waals surface area contributed by atoms with Crippen molar-refractivity contribution in [1.29, 1.82) is 0 Å². The lowest BCUT2D eigenvalue weighted by Gasteiger charge is -2.38. The molecule has 0 aliphatic heterocycles. The monoisotopic (exact) mass is 247 g/mol. The summed E-state index contributed by atoms with van der Waals surface area (Å²) in [6, 6.07) is 8.75. The van der Waals surface area contributed by atoms with E-state index >= 15 is 0 Å². The first-order valence-electron chi connectivity index (χ1n) is 6.82. The molecule has 3 N–H and O–H groups in total. The van der Waals surface area contributed by atoms with Crippen molar-refractivity contribution in [1.82, 2.24) is 10.2 Å². The predicted molar refractivity (Wildman–Crippen MR) is 76.8 cm³/mol. The number of rotatable bonds is 5. The maximum atomic E-state index is 6.04. The van der Waals surface area contributed by atoms with Crippen LogP contribution in [0.1, 0.15) is 17.5 Å². The van der Waals surface area contributed by atoms with Crippen molar-refractivity contribution in [2.45, 2.75) is 24.8 Å². The molecule has 1 aliphatic carbocycles. The number of nitrogens with two attached hydrogens (primary N) is 1. The van der Waals surface area contributed by atoms with Crippen LogP contribution in [-0.2, 0) is 12.8 Å². The van der Waals surface area contributed by atoms with Gasteiger partial charge in [0.05, 0.1) is 0 Å². The number of likely N-dealkylation sites (N-methyl/N-ethyl adjacent to an activating group) is 1. The fourth-order valence-corrected chi connectivity index (χ4v) is 2.74. The molecule has 1 aliphatic rings. The van der Waals surface area contributed by atoms with Gasteiger partial charge in [-0.3, -0.25) is 0 Å². The van der Waals surface area contributed by atoms with Crippen molar-refractivity contribution < 1.29 is 0 Å². The minimum atomic E-state index is 0.102. The van der Waals surface area contributed by atoms with Crippen LogP contribution in [0.4, 0.5) is 0 Å². The minimum Gasteiger partial charge on any atom is -0.329 e. The van der Waals surface area contributed by atoms with Gasteiger partial charge in [-0.2, -0.15) is 0 Å². The molecule has 3 nitrogen and oxygen atoms in total. The van der Waals surface area contributed by atoms with Crippen LogP contribution in [0.15, 0.2) is 24.3 Å². The summed E-state index contributed by atoms with van der Waals surface area (Å²) in [7, 11) is 4.21. The predicted octanol–water partition coefficient (Wildman–Crippen LogP) is 1.02. The Balaban J connectivity index is 2.02. The van der Waals surface area contributed by atoms with Crippen molar-refractivity contribution in [2.75, 3.05) is 33.7 Å². The van der Waals surface area contributed by atoms with Crippen molar-refractivity contribution >= 4 is 0 Å². The standard InChI is InChI=1S/C15H25N3/c1-18(2)10-9-17-15(12-16)8-7-13-5-3-4-6-14(13)11-15/h3-6,17H,7-12,16H2,1-2H3. The summed E-state index contributed by atoms with van der Waals surface area (Å²) in [6.45, 7) is 2.78. The highest BCUT2D eigenvalue weighted by Gasteiger charge is 2.32. The first-order valence-corrected chi connectivity index (χ1v) is 6.82. The highest BCUT2D eigenvalue weighted by molar-refractivity contribution is 5.32. The number of nitrogens with one attached hydrogen (secondary N) is 1. The molecule has 1 aromatic rings. The van der Waals surface area contributed by atoms with Crippen LogP contribution in [0.2, 0.25) is 0 Å². The largest absolute Gasteiger partial charge is 0.329 e. The molecular formula is C15H25N3. The SMILES string of the molecule is CN(C)CCNC1(CN)CCc2ccccc2C1. The van der Waals surface area contributed by atoms with Gasteiger partial charge in [-0.25, -0.2) is 0 Å². The van der Waals surface area contributed by atoms with Gasteiger partial charge in [-0.15, -0.1) is 0 Å². The Labute approximate surface area is 110 Å². The Morgan fingerprint density at radius 2 is 2.00 bits per heavy atom. The van der Waals surface area contributed by atoms with Gasteiger partial charge in [0.15, 0.2) is 0 Å². The van der Waals surface area contributed by atoms with E-state index in [0.717, 1.165) is 38.9 Å². The Morgan fingerprint density at radius 3 is 2.67 bits per heavy atom. The van der Waals surface area contributed by atoms with Crippen LogP contribution in [0.5, 0.6) is 0 Å². The van der Waals surface area contributed by atoms with Crippen LogP contribution in [0, 0.1) is 0 Å². The van der Waals surface area contributed by atoms with Crippen molar-refractivity contribution in [3.05, 3.63) is 35.4 Å². The zero-order chi connectivity index (χ0) is 13.0. The normalized spacial score (nSPS) is 23.1. The van der Waals surface area contributed by atoms with E-state index < -0.39 is 0 Å². The number of fused-ring (bicyclic) bond motifs is 1. The Hall–Kier alpha value is -0.900. The summed E-state index contributed by atoms with van der Waals surface area (Å²) in [4.78, 5) is 2.20. The van der Waals surface area contributed by atoms with Crippen LogP contribution in [-0.4, -0.2) is 44.2 Å². The van der Waals surface area contributed by atoms with E-state index in [9.17, 15) is 0 Å². The van der Waals surface area contributed by atoms with Crippen LogP contribution in [0.25, 0.3) is 0 Å². The third-order valence-corrected chi connectivity index (χ3v) is 3.97. The molecule has 0 heterocycles. The number of nitrogens with zero attached hydrogens (tertiary/aromatic N) is 1. The summed E-state index contributed by atoms with van der Waals surface area (Å²) < 4.78 is 0. The van der Waals surface area contributed by atoms with Gasteiger partial charge in [0.1, 0.15) is 0 Å². The second-order valence-electron chi connectivity index (χ2n) is 5.66. The fraction of sp³-hybridized carbons (Fsp3) is 0.600. The maximum Gasteiger partial charge on any atom is 0.0348 e. The number of aryl methyl sites for hydroxylation is 1. The zero-order valence-corrected chi connectivity index (χ0v) is 11.6. The van der Waals surface area contributed by atoms with Gasteiger partial charge < -0.3 is 16.0 Å². The van der Waals surface area contributed by atoms with E-state index in [1.54, 1.807) is 0 Å². The fourth-order valence-electron chi connectivity index (χ4n) is 2.74. The third kappa shape index (κ3) is 3.10. The molecule has 18 heavy (non-hydrogen) atoms. The zero-order valence-electron chi connectivity index (χ0n) is 11.6. The maximum absolute atomic E-state index is 6.04. The average molecular weight is 247 g/mol. The van der Waals surface area contributed by atoms with E-state index in [2.05, 4.69) is 48.6 Å². The van der Waals surface area contributed by atoms with E-state index in [1.807, 2.05) is 0 Å². The van der Waals surface area contributed by atoms with Gasteiger partial charge in [-0.05, 0) is 44.5 Å². The molecule has 1 unspecified atom stereocenters. The lowest BCUT2D eigenvalue weighted by Crippen LogP contribution is -2.56. The van der Waals surface area contributed by atoms with Crippen molar-refractivity contribution in [2.24, 2.45) is 5.73 Å². The van der Waals surface area contributed by atoms with Gasteiger partial charge in [-0.1, -0.05) is 24.3 Å². The second-order valence-corrected chi connectivity index (χ2v) is 5.66.